The largest absolute Gasteiger partial charge is 0.308 e. The van der Waals surface area contributed by atoms with Gasteiger partial charge < -0.3 is 5.32 Å². The van der Waals surface area contributed by atoms with Crippen molar-refractivity contribution in [2.24, 2.45) is 0 Å². The normalized spacial score (nSPS) is 10.9. The van der Waals surface area contributed by atoms with Crippen LogP contribution in [0.1, 0.15) is 16.0 Å². The van der Waals surface area contributed by atoms with E-state index < -0.39 is 17.5 Å². The van der Waals surface area contributed by atoms with Gasteiger partial charge in [-0.2, -0.15) is 0 Å². The second kappa shape index (κ2) is 5.54. The fourth-order valence-corrected chi connectivity index (χ4v) is 2.47. The first-order valence-electron chi connectivity index (χ1n) is 5.45. The summed E-state index contributed by atoms with van der Waals surface area (Å²) in [5.74, 6) is -2.92. The molecule has 0 spiro atoms. The van der Waals surface area contributed by atoms with E-state index >= 15 is 0 Å². The smallest absolute Gasteiger partial charge is 0.161 e. The van der Waals surface area contributed by atoms with E-state index in [0.29, 0.717) is 12.6 Å². The fraction of sp³-hybridized carbons (Fsp3) is 0.231. The zero-order valence-electron chi connectivity index (χ0n) is 9.77. The molecule has 1 heterocycles. The quantitative estimate of drug-likeness (QED) is 0.835. The molecule has 18 heavy (non-hydrogen) atoms. The van der Waals surface area contributed by atoms with E-state index in [0.717, 1.165) is 10.9 Å². The molecule has 0 atom stereocenters. The van der Waals surface area contributed by atoms with Crippen LogP contribution in [0.3, 0.4) is 0 Å². The molecule has 0 bridgehead atoms. The highest BCUT2D eigenvalue weighted by atomic mass is 32.1. The van der Waals surface area contributed by atoms with Crippen LogP contribution in [0, 0.1) is 24.4 Å². The molecule has 0 unspecified atom stereocenters. The number of halogens is 3. The summed E-state index contributed by atoms with van der Waals surface area (Å²) in [7, 11) is 0. The molecule has 1 aromatic carbocycles. The van der Waals surface area contributed by atoms with Gasteiger partial charge in [0.15, 0.2) is 11.6 Å². The molecule has 5 heteroatoms. The Balaban J connectivity index is 1.99. The van der Waals surface area contributed by atoms with Crippen LogP contribution in [0.5, 0.6) is 0 Å². The van der Waals surface area contributed by atoms with Gasteiger partial charge in [0.2, 0.25) is 0 Å². The molecular weight excluding hydrogens is 259 g/mol. The van der Waals surface area contributed by atoms with Crippen LogP contribution in [0.15, 0.2) is 23.6 Å². The van der Waals surface area contributed by atoms with Crippen molar-refractivity contribution < 1.29 is 13.2 Å². The van der Waals surface area contributed by atoms with Crippen LogP contribution < -0.4 is 5.32 Å². The van der Waals surface area contributed by atoms with Gasteiger partial charge in [0.1, 0.15) is 5.82 Å². The Morgan fingerprint density at radius 1 is 1.06 bits per heavy atom. The van der Waals surface area contributed by atoms with Crippen molar-refractivity contribution in [2.45, 2.75) is 20.0 Å². The number of hydrogen-bond donors (Lipinski definition) is 1. The SMILES string of the molecule is Cc1ccsc1CNCc1cc(F)c(F)cc1F. The molecular formula is C13H12F3NS. The molecule has 0 fully saturated rings. The maximum absolute atomic E-state index is 13.3. The molecule has 0 saturated carbocycles. The highest BCUT2D eigenvalue weighted by Gasteiger charge is 2.09. The standard InChI is InChI=1S/C13H12F3NS/c1-8-2-3-18-13(8)7-17-6-9-4-11(15)12(16)5-10(9)14/h2-5,17H,6-7H2,1H3. The first-order valence-corrected chi connectivity index (χ1v) is 6.33. The predicted molar refractivity (Wildman–Crippen MR) is 65.9 cm³/mol. The molecule has 2 aromatic rings. The maximum atomic E-state index is 13.3. The molecule has 1 aromatic heterocycles. The van der Waals surface area contributed by atoms with Gasteiger partial charge in [-0.15, -0.1) is 11.3 Å². The number of thiophene rings is 1. The third-order valence-electron chi connectivity index (χ3n) is 2.66. The zero-order valence-corrected chi connectivity index (χ0v) is 10.6. The summed E-state index contributed by atoms with van der Waals surface area (Å²) in [5.41, 5.74) is 1.29. The summed E-state index contributed by atoms with van der Waals surface area (Å²) in [6.07, 6.45) is 0. The summed E-state index contributed by atoms with van der Waals surface area (Å²) in [6.45, 7) is 2.74. The second-order valence-electron chi connectivity index (χ2n) is 3.99. The van der Waals surface area contributed by atoms with E-state index in [4.69, 9.17) is 0 Å². The molecule has 0 aliphatic heterocycles. The Morgan fingerprint density at radius 3 is 2.44 bits per heavy atom. The Bertz CT molecular complexity index is 551. The van der Waals surface area contributed by atoms with Gasteiger partial charge >= 0.3 is 0 Å². The van der Waals surface area contributed by atoms with E-state index in [-0.39, 0.29) is 12.1 Å². The molecule has 0 radical (unpaired) electrons. The van der Waals surface area contributed by atoms with E-state index in [1.807, 2.05) is 18.4 Å². The van der Waals surface area contributed by atoms with Crippen LogP contribution in [0.2, 0.25) is 0 Å². The molecule has 1 nitrogen and oxygen atoms in total. The lowest BCUT2D eigenvalue weighted by molar-refractivity contribution is 0.487. The average Bonchev–Trinajstić information content (AvgIpc) is 2.72. The van der Waals surface area contributed by atoms with Crippen LogP contribution >= 0.6 is 11.3 Å². The van der Waals surface area contributed by atoms with Crippen molar-refractivity contribution in [3.63, 3.8) is 0 Å². The molecule has 0 amide bonds. The van der Waals surface area contributed by atoms with E-state index in [9.17, 15) is 13.2 Å². The zero-order chi connectivity index (χ0) is 13.1. The average molecular weight is 271 g/mol. The van der Waals surface area contributed by atoms with Gasteiger partial charge in [0.25, 0.3) is 0 Å². The number of hydrogen-bond acceptors (Lipinski definition) is 2. The Hall–Kier alpha value is -1.33. The van der Waals surface area contributed by atoms with Crippen molar-refractivity contribution in [3.8, 4) is 0 Å². The Kier molecular flexibility index (Phi) is 4.04. The van der Waals surface area contributed by atoms with Gasteiger partial charge in [-0.25, -0.2) is 13.2 Å². The number of nitrogens with one attached hydrogen (secondary N) is 1. The monoisotopic (exact) mass is 271 g/mol. The minimum absolute atomic E-state index is 0.128. The lowest BCUT2D eigenvalue weighted by Crippen LogP contribution is -2.14. The molecule has 2 rings (SSSR count). The molecule has 0 aliphatic rings. The minimum atomic E-state index is -1.16. The third-order valence-corrected chi connectivity index (χ3v) is 3.68. The first-order chi connectivity index (χ1) is 8.58. The Labute approximate surface area is 107 Å². The van der Waals surface area contributed by atoms with Crippen molar-refractivity contribution in [1.29, 1.82) is 0 Å². The van der Waals surface area contributed by atoms with Gasteiger partial charge in [-0.05, 0) is 30.0 Å². The van der Waals surface area contributed by atoms with Gasteiger partial charge in [-0.1, -0.05) is 0 Å². The lowest BCUT2D eigenvalue weighted by Gasteiger charge is -2.06. The molecule has 0 saturated heterocycles. The summed E-state index contributed by atoms with van der Waals surface area (Å²) in [6, 6.07) is 3.46. The predicted octanol–water partition coefficient (Wildman–Crippen LogP) is 3.76. The molecule has 0 aliphatic carbocycles. The van der Waals surface area contributed by atoms with Crippen molar-refractivity contribution >= 4 is 11.3 Å². The van der Waals surface area contributed by atoms with Gasteiger partial charge in [0.05, 0.1) is 0 Å². The molecule has 96 valence electrons. The topological polar surface area (TPSA) is 12.0 Å². The Morgan fingerprint density at radius 2 is 1.78 bits per heavy atom. The number of rotatable bonds is 4. The first kappa shape index (κ1) is 13.1. The van der Waals surface area contributed by atoms with Gasteiger partial charge in [0, 0.05) is 29.6 Å². The van der Waals surface area contributed by atoms with Crippen molar-refractivity contribution in [3.05, 3.63) is 57.0 Å². The van der Waals surface area contributed by atoms with Crippen LogP contribution in [0.25, 0.3) is 0 Å². The van der Waals surface area contributed by atoms with Crippen LogP contribution in [0.4, 0.5) is 13.2 Å². The summed E-state index contributed by atoms with van der Waals surface area (Å²) >= 11 is 1.60. The van der Waals surface area contributed by atoms with E-state index in [1.54, 1.807) is 11.3 Å². The summed E-state index contributed by atoms with van der Waals surface area (Å²) in [5, 5.41) is 4.99. The summed E-state index contributed by atoms with van der Waals surface area (Å²) in [4.78, 5) is 1.15. The number of benzene rings is 1. The maximum Gasteiger partial charge on any atom is 0.161 e. The van der Waals surface area contributed by atoms with Crippen LogP contribution in [-0.4, -0.2) is 0 Å². The third kappa shape index (κ3) is 2.91. The van der Waals surface area contributed by atoms with Crippen molar-refractivity contribution in [2.75, 3.05) is 0 Å². The minimum Gasteiger partial charge on any atom is -0.308 e. The summed E-state index contributed by atoms with van der Waals surface area (Å²) < 4.78 is 39.0. The van der Waals surface area contributed by atoms with Gasteiger partial charge in [-0.3, -0.25) is 0 Å². The van der Waals surface area contributed by atoms with E-state index in [2.05, 4.69) is 5.32 Å². The number of aryl methyl sites for hydroxylation is 1. The fourth-order valence-electron chi connectivity index (χ4n) is 1.60. The molecule has 1 N–H and O–H groups in total. The lowest BCUT2D eigenvalue weighted by atomic mass is 10.2. The highest BCUT2D eigenvalue weighted by Crippen LogP contribution is 2.16. The van der Waals surface area contributed by atoms with Crippen molar-refractivity contribution in [1.82, 2.24) is 5.32 Å². The second-order valence-corrected chi connectivity index (χ2v) is 4.99. The van der Waals surface area contributed by atoms with E-state index in [1.165, 1.54) is 5.56 Å². The highest BCUT2D eigenvalue weighted by molar-refractivity contribution is 7.10. The van der Waals surface area contributed by atoms with Crippen LogP contribution in [-0.2, 0) is 13.1 Å².